The number of rotatable bonds is 1. The lowest BCUT2D eigenvalue weighted by Gasteiger charge is -2.16. The Balaban J connectivity index is 1.94. The Kier molecular flexibility index (Phi) is 3.60. The van der Waals surface area contributed by atoms with Gasteiger partial charge in [-0.1, -0.05) is 91.0 Å². The topological polar surface area (TPSA) is 23.8 Å². The van der Waals surface area contributed by atoms with Crippen molar-refractivity contribution in [1.82, 2.24) is 0 Å². The van der Waals surface area contributed by atoms with Crippen LogP contribution in [0, 0.1) is 11.3 Å². The van der Waals surface area contributed by atoms with E-state index >= 15 is 0 Å². The minimum Gasteiger partial charge on any atom is -0.192 e. The highest BCUT2D eigenvalue weighted by Gasteiger charge is 2.15. The molecule has 0 fully saturated rings. The molecule has 6 aromatic carbocycles. The highest BCUT2D eigenvalue weighted by atomic mass is 14.3. The molecule has 0 amide bonds. The van der Waals surface area contributed by atoms with Gasteiger partial charge in [-0.25, -0.2) is 0 Å². The predicted molar refractivity (Wildman–Crippen MR) is 127 cm³/mol. The molecule has 0 heterocycles. The molecule has 0 spiro atoms. The highest BCUT2D eigenvalue weighted by molar-refractivity contribution is 6.33. The molecule has 0 atom stereocenters. The molecular weight excluding hydrogens is 362 g/mol. The van der Waals surface area contributed by atoms with Gasteiger partial charge in [0.1, 0.15) is 0 Å². The van der Waals surface area contributed by atoms with E-state index in [9.17, 15) is 5.26 Å². The molecule has 0 N–H and O–H groups in total. The van der Waals surface area contributed by atoms with E-state index in [4.69, 9.17) is 0 Å². The van der Waals surface area contributed by atoms with Gasteiger partial charge in [0.05, 0.1) is 11.6 Å². The number of nitriles is 1. The second-order valence-electron chi connectivity index (χ2n) is 7.64. The number of fused-ring (bicyclic) bond motifs is 8. The molecule has 0 unspecified atom stereocenters. The molecule has 0 aromatic heterocycles. The van der Waals surface area contributed by atoms with Gasteiger partial charge in [-0.2, -0.15) is 5.26 Å². The SMILES string of the molecule is N#Cc1ccccc1-c1cc2c3ccccc3c3ccccc3c2c2ccccc12. The van der Waals surface area contributed by atoms with E-state index in [1.165, 1.54) is 43.1 Å². The van der Waals surface area contributed by atoms with Gasteiger partial charge >= 0.3 is 0 Å². The van der Waals surface area contributed by atoms with Crippen LogP contribution in [0.1, 0.15) is 5.56 Å². The van der Waals surface area contributed by atoms with E-state index in [0.717, 1.165) is 11.1 Å². The largest absolute Gasteiger partial charge is 0.192 e. The molecule has 0 saturated carbocycles. The fourth-order valence-corrected chi connectivity index (χ4v) is 4.81. The summed E-state index contributed by atoms with van der Waals surface area (Å²) in [5.41, 5.74) is 2.79. The van der Waals surface area contributed by atoms with Crippen molar-refractivity contribution in [3.8, 4) is 17.2 Å². The molecular formula is C29H17N. The van der Waals surface area contributed by atoms with Crippen molar-refractivity contribution in [3.05, 3.63) is 109 Å². The summed E-state index contributed by atoms with van der Waals surface area (Å²) in [6.07, 6.45) is 0. The van der Waals surface area contributed by atoms with E-state index in [0.29, 0.717) is 5.56 Å². The standard InChI is InChI=1S/C29H17N/c30-18-19-9-1-2-10-20(19)27-17-28-23-13-4-3-11-21(23)22-12-5-7-15-25(22)29(28)26-16-8-6-14-24(26)27/h1-17H. The van der Waals surface area contributed by atoms with Crippen molar-refractivity contribution in [2.45, 2.75) is 0 Å². The molecule has 0 bridgehead atoms. The average Bonchev–Trinajstić information content (AvgIpc) is 2.83. The predicted octanol–water partition coefficient (Wildman–Crippen LogP) is 7.84. The first-order chi connectivity index (χ1) is 14.9. The van der Waals surface area contributed by atoms with E-state index in [1.807, 2.05) is 18.2 Å². The van der Waals surface area contributed by atoms with Crippen molar-refractivity contribution in [3.63, 3.8) is 0 Å². The normalized spacial score (nSPS) is 11.3. The van der Waals surface area contributed by atoms with E-state index in [1.54, 1.807) is 0 Å². The molecule has 1 heteroatoms. The van der Waals surface area contributed by atoms with Crippen LogP contribution in [-0.2, 0) is 0 Å². The molecule has 0 aliphatic carbocycles. The first-order valence-electron chi connectivity index (χ1n) is 10.1. The fraction of sp³-hybridized carbons (Fsp3) is 0. The van der Waals surface area contributed by atoms with Crippen LogP contribution in [0.2, 0.25) is 0 Å². The zero-order chi connectivity index (χ0) is 20.1. The lowest BCUT2D eigenvalue weighted by atomic mass is 9.87. The second-order valence-corrected chi connectivity index (χ2v) is 7.64. The first kappa shape index (κ1) is 16.8. The Labute approximate surface area is 174 Å². The van der Waals surface area contributed by atoms with Crippen LogP contribution in [0.3, 0.4) is 0 Å². The van der Waals surface area contributed by atoms with Crippen molar-refractivity contribution >= 4 is 43.1 Å². The van der Waals surface area contributed by atoms with Crippen LogP contribution >= 0.6 is 0 Å². The summed E-state index contributed by atoms with van der Waals surface area (Å²) in [4.78, 5) is 0. The molecule has 0 saturated heterocycles. The van der Waals surface area contributed by atoms with Gasteiger partial charge in [0.15, 0.2) is 0 Å². The van der Waals surface area contributed by atoms with Gasteiger partial charge in [0.25, 0.3) is 0 Å². The number of benzene rings is 6. The van der Waals surface area contributed by atoms with Crippen LogP contribution in [-0.4, -0.2) is 0 Å². The molecule has 138 valence electrons. The van der Waals surface area contributed by atoms with E-state index in [-0.39, 0.29) is 0 Å². The maximum absolute atomic E-state index is 9.73. The third kappa shape index (κ3) is 2.28. The lowest BCUT2D eigenvalue weighted by molar-refractivity contribution is 1.48. The number of hydrogen-bond donors (Lipinski definition) is 0. The molecule has 0 radical (unpaired) electrons. The van der Waals surface area contributed by atoms with Crippen LogP contribution < -0.4 is 0 Å². The van der Waals surface area contributed by atoms with Gasteiger partial charge in [-0.05, 0) is 60.8 Å². The minimum absolute atomic E-state index is 0.701. The van der Waals surface area contributed by atoms with Crippen molar-refractivity contribution in [2.75, 3.05) is 0 Å². The summed E-state index contributed by atoms with van der Waals surface area (Å²) in [5, 5.41) is 19.7. The van der Waals surface area contributed by atoms with Crippen LogP contribution in [0.15, 0.2) is 103 Å². The summed E-state index contributed by atoms with van der Waals surface area (Å²) >= 11 is 0. The van der Waals surface area contributed by atoms with Gasteiger partial charge in [0, 0.05) is 5.56 Å². The van der Waals surface area contributed by atoms with Crippen LogP contribution in [0.25, 0.3) is 54.2 Å². The van der Waals surface area contributed by atoms with E-state index in [2.05, 4.69) is 91.0 Å². The van der Waals surface area contributed by atoms with Crippen molar-refractivity contribution < 1.29 is 0 Å². The summed E-state index contributed by atoms with van der Waals surface area (Å²) in [5.74, 6) is 0. The number of nitrogens with zero attached hydrogens (tertiary/aromatic N) is 1. The monoisotopic (exact) mass is 379 g/mol. The van der Waals surface area contributed by atoms with Crippen molar-refractivity contribution in [1.29, 1.82) is 5.26 Å². The zero-order valence-electron chi connectivity index (χ0n) is 16.3. The Morgan fingerprint density at radius 1 is 0.433 bits per heavy atom. The Morgan fingerprint density at radius 3 is 1.57 bits per heavy atom. The first-order valence-corrected chi connectivity index (χ1v) is 10.1. The Hall–Kier alpha value is -4.15. The molecule has 0 aliphatic heterocycles. The number of hydrogen-bond acceptors (Lipinski definition) is 1. The molecule has 1 nitrogen and oxygen atoms in total. The van der Waals surface area contributed by atoms with Crippen molar-refractivity contribution in [2.24, 2.45) is 0 Å². The Bertz CT molecular complexity index is 1650. The zero-order valence-corrected chi connectivity index (χ0v) is 16.3. The van der Waals surface area contributed by atoms with Gasteiger partial charge < -0.3 is 0 Å². The minimum atomic E-state index is 0.701. The highest BCUT2D eigenvalue weighted by Crippen LogP contribution is 2.42. The van der Waals surface area contributed by atoms with Crippen LogP contribution in [0.4, 0.5) is 0 Å². The maximum Gasteiger partial charge on any atom is 0.0998 e. The third-order valence-corrected chi connectivity index (χ3v) is 6.09. The summed E-state index contributed by atoms with van der Waals surface area (Å²) in [6.45, 7) is 0. The summed E-state index contributed by atoms with van der Waals surface area (Å²) < 4.78 is 0. The molecule has 6 aromatic rings. The molecule has 0 aliphatic rings. The smallest absolute Gasteiger partial charge is 0.0998 e. The van der Waals surface area contributed by atoms with Gasteiger partial charge in [-0.3, -0.25) is 0 Å². The Morgan fingerprint density at radius 2 is 0.900 bits per heavy atom. The van der Waals surface area contributed by atoms with Crippen LogP contribution in [0.5, 0.6) is 0 Å². The quantitative estimate of drug-likeness (QED) is 0.267. The van der Waals surface area contributed by atoms with E-state index < -0.39 is 0 Å². The lowest BCUT2D eigenvalue weighted by Crippen LogP contribution is -1.90. The van der Waals surface area contributed by atoms with Gasteiger partial charge in [0.2, 0.25) is 0 Å². The third-order valence-electron chi connectivity index (χ3n) is 6.09. The molecule has 30 heavy (non-hydrogen) atoms. The second kappa shape index (κ2) is 6.44. The van der Waals surface area contributed by atoms with Gasteiger partial charge in [-0.15, -0.1) is 0 Å². The summed E-state index contributed by atoms with van der Waals surface area (Å²) in [7, 11) is 0. The fourth-order valence-electron chi connectivity index (χ4n) is 4.81. The average molecular weight is 379 g/mol. The maximum atomic E-state index is 9.73. The molecule has 6 rings (SSSR count). The summed E-state index contributed by atoms with van der Waals surface area (Å²) in [6, 6.07) is 38.4.